The van der Waals surface area contributed by atoms with Gasteiger partial charge in [-0.05, 0) is 54.3 Å². The van der Waals surface area contributed by atoms with Gasteiger partial charge in [0, 0.05) is 37.6 Å². The summed E-state index contributed by atoms with van der Waals surface area (Å²) < 4.78 is 13.4. The Morgan fingerprint density at radius 3 is 2.50 bits per heavy atom. The van der Waals surface area contributed by atoms with Crippen LogP contribution >= 0.6 is 0 Å². The molecular weight excluding hydrogens is 401 g/mol. The Bertz CT molecular complexity index is 1070. The molecule has 0 radical (unpaired) electrons. The Kier molecular flexibility index (Phi) is 5.80. The second kappa shape index (κ2) is 9.03. The van der Waals surface area contributed by atoms with Crippen LogP contribution in [0, 0.1) is 11.7 Å². The average molecular weight is 430 g/mol. The maximum atomic E-state index is 13.4. The summed E-state index contributed by atoms with van der Waals surface area (Å²) in [6.07, 6.45) is 1.57. The first-order valence-corrected chi connectivity index (χ1v) is 11.4. The minimum atomic E-state index is -0.227. The zero-order chi connectivity index (χ0) is 21.9. The number of nitrogens with one attached hydrogen (secondary N) is 1. The van der Waals surface area contributed by atoms with Gasteiger partial charge in [-0.25, -0.2) is 4.39 Å². The molecule has 1 fully saturated rings. The van der Waals surface area contributed by atoms with Gasteiger partial charge in [-0.1, -0.05) is 48.5 Å². The van der Waals surface area contributed by atoms with Crippen LogP contribution in [0.2, 0.25) is 0 Å². The molecular formula is C27H28FN3O. The van der Waals surface area contributed by atoms with E-state index in [4.69, 9.17) is 0 Å². The van der Waals surface area contributed by atoms with Crippen molar-refractivity contribution in [3.63, 3.8) is 0 Å². The number of amides is 1. The Labute approximate surface area is 188 Å². The van der Waals surface area contributed by atoms with Gasteiger partial charge in [-0.15, -0.1) is 0 Å². The molecule has 2 atom stereocenters. The number of anilines is 2. The molecule has 2 aliphatic rings. The summed E-state index contributed by atoms with van der Waals surface area (Å²) in [7, 11) is 0. The first kappa shape index (κ1) is 20.6. The van der Waals surface area contributed by atoms with Gasteiger partial charge in [0.15, 0.2) is 0 Å². The summed E-state index contributed by atoms with van der Waals surface area (Å²) in [6.45, 7) is 3.07. The van der Waals surface area contributed by atoms with E-state index in [1.165, 1.54) is 28.9 Å². The molecule has 1 N–H and O–H groups in total. The highest BCUT2D eigenvalue weighted by molar-refractivity contribution is 5.82. The maximum Gasteiger partial charge on any atom is 0.225 e. The van der Waals surface area contributed by atoms with Crippen molar-refractivity contribution in [2.45, 2.75) is 18.9 Å². The van der Waals surface area contributed by atoms with Gasteiger partial charge in [0.25, 0.3) is 0 Å². The minimum Gasteiger partial charge on any atom is -0.368 e. The summed E-state index contributed by atoms with van der Waals surface area (Å²) in [4.78, 5) is 18.0. The molecule has 1 amide bonds. The normalized spacial score (nSPS) is 19.8. The second-order valence-corrected chi connectivity index (χ2v) is 8.65. The monoisotopic (exact) mass is 429 g/mol. The molecule has 2 heterocycles. The number of carbonyl (C=O) groups excluding carboxylic acids is 1. The van der Waals surface area contributed by atoms with Crippen molar-refractivity contribution in [3.05, 3.63) is 95.8 Å². The molecule has 0 saturated carbocycles. The summed E-state index contributed by atoms with van der Waals surface area (Å²) in [5, 5.41) is 3.19. The largest absolute Gasteiger partial charge is 0.368 e. The fraction of sp³-hybridized carbons (Fsp3) is 0.296. The molecule has 0 aromatic heterocycles. The summed E-state index contributed by atoms with van der Waals surface area (Å²) in [6, 6.07) is 25.4. The van der Waals surface area contributed by atoms with E-state index >= 15 is 0 Å². The van der Waals surface area contributed by atoms with Crippen molar-refractivity contribution in [1.82, 2.24) is 5.32 Å². The summed E-state index contributed by atoms with van der Waals surface area (Å²) >= 11 is 0. The number of benzene rings is 3. The second-order valence-electron chi connectivity index (χ2n) is 8.65. The molecule has 5 heteroatoms. The maximum absolute atomic E-state index is 13.4. The highest BCUT2D eigenvalue weighted by atomic mass is 19.1. The van der Waals surface area contributed by atoms with E-state index in [1.54, 1.807) is 0 Å². The highest BCUT2D eigenvalue weighted by Crippen LogP contribution is 2.36. The zero-order valence-electron chi connectivity index (χ0n) is 18.1. The third-order valence-corrected chi connectivity index (χ3v) is 6.71. The van der Waals surface area contributed by atoms with E-state index in [-0.39, 0.29) is 23.7 Å². The van der Waals surface area contributed by atoms with Crippen molar-refractivity contribution < 1.29 is 9.18 Å². The van der Waals surface area contributed by atoms with E-state index in [9.17, 15) is 9.18 Å². The number of hydrogen-bond acceptors (Lipinski definition) is 3. The number of para-hydroxylation sites is 1. The number of nitrogens with zero attached hydrogens (tertiary/aromatic N) is 2. The molecule has 1 saturated heterocycles. The van der Waals surface area contributed by atoms with Gasteiger partial charge in [0.1, 0.15) is 5.82 Å². The van der Waals surface area contributed by atoms with Crippen molar-refractivity contribution in [2.75, 3.05) is 36.0 Å². The molecule has 3 aromatic rings. The van der Waals surface area contributed by atoms with Crippen LogP contribution in [-0.2, 0) is 17.6 Å². The number of rotatable bonds is 5. The minimum absolute atomic E-state index is 0.0837. The van der Waals surface area contributed by atoms with E-state index < -0.39 is 0 Å². The SMILES string of the molecule is O=C(NCCc1ccccc1)[C@H]1Cc2ccccc2N2CCN(c3ccc(F)cc3)C[C@H]12. The van der Waals surface area contributed by atoms with Crippen molar-refractivity contribution in [2.24, 2.45) is 5.92 Å². The van der Waals surface area contributed by atoms with Crippen molar-refractivity contribution in [1.29, 1.82) is 0 Å². The predicted molar refractivity (Wildman–Crippen MR) is 127 cm³/mol. The van der Waals surface area contributed by atoms with Crippen LogP contribution in [0.1, 0.15) is 11.1 Å². The molecule has 5 rings (SSSR count). The average Bonchev–Trinajstić information content (AvgIpc) is 2.84. The van der Waals surface area contributed by atoms with E-state index in [0.717, 1.165) is 38.2 Å². The van der Waals surface area contributed by atoms with E-state index in [0.29, 0.717) is 6.54 Å². The summed E-state index contributed by atoms with van der Waals surface area (Å²) in [5.74, 6) is -0.232. The molecule has 3 aromatic carbocycles. The molecule has 164 valence electrons. The highest BCUT2D eigenvalue weighted by Gasteiger charge is 2.41. The zero-order valence-corrected chi connectivity index (χ0v) is 18.1. The number of halogens is 1. The molecule has 2 aliphatic heterocycles. The van der Waals surface area contributed by atoms with Crippen LogP contribution in [-0.4, -0.2) is 38.1 Å². The van der Waals surface area contributed by atoms with Crippen LogP contribution in [0.4, 0.5) is 15.8 Å². The first-order chi connectivity index (χ1) is 15.7. The van der Waals surface area contributed by atoms with Gasteiger partial charge < -0.3 is 15.1 Å². The Morgan fingerprint density at radius 2 is 1.69 bits per heavy atom. The third kappa shape index (κ3) is 4.20. The van der Waals surface area contributed by atoms with Crippen molar-refractivity contribution in [3.8, 4) is 0 Å². The van der Waals surface area contributed by atoms with Crippen molar-refractivity contribution >= 4 is 17.3 Å². The molecule has 32 heavy (non-hydrogen) atoms. The van der Waals surface area contributed by atoms with Gasteiger partial charge in [-0.3, -0.25) is 4.79 Å². The first-order valence-electron chi connectivity index (χ1n) is 11.4. The lowest BCUT2D eigenvalue weighted by atomic mass is 9.83. The smallest absolute Gasteiger partial charge is 0.225 e. The topological polar surface area (TPSA) is 35.6 Å². The Morgan fingerprint density at radius 1 is 0.938 bits per heavy atom. The van der Waals surface area contributed by atoms with Gasteiger partial charge in [0.2, 0.25) is 5.91 Å². The Balaban J connectivity index is 1.34. The van der Waals surface area contributed by atoms with Crippen LogP contribution in [0.5, 0.6) is 0 Å². The molecule has 0 aliphatic carbocycles. The number of carbonyl (C=O) groups is 1. The third-order valence-electron chi connectivity index (χ3n) is 6.71. The van der Waals surface area contributed by atoms with Crippen LogP contribution < -0.4 is 15.1 Å². The summed E-state index contributed by atoms with van der Waals surface area (Å²) in [5.41, 5.74) is 4.71. The lowest BCUT2D eigenvalue weighted by molar-refractivity contribution is -0.125. The van der Waals surface area contributed by atoms with Gasteiger partial charge in [-0.2, -0.15) is 0 Å². The predicted octanol–water partition coefficient (Wildman–Crippen LogP) is 4.05. The molecule has 0 spiro atoms. The van der Waals surface area contributed by atoms with Gasteiger partial charge in [0.05, 0.1) is 12.0 Å². The fourth-order valence-corrected chi connectivity index (χ4v) is 5.05. The molecule has 0 bridgehead atoms. The molecule has 4 nitrogen and oxygen atoms in total. The van der Waals surface area contributed by atoms with E-state index in [1.807, 2.05) is 30.3 Å². The molecule has 0 unspecified atom stereocenters. The van der Waals surface area contributed by atoms with Gasteiger partial charge >= 0.3 is 0 Å². The van der Waals surface area contributed by atoms with Crippen LogP contribution in [0.3, 0.4) is 0 Å². The van der Waals surface area contributed by atoms with Crippen LogP contribution in [0.15, 0.2) is 78.9 Å². The van der Waals surface area contributed by atoms with Crippen LogP contribution in [0.25, 0.3) is 0 Å². The number of fused-ring (bicyclic) bond motifs is 3. The number of hydrogen-bond donors (Lipinski definition) is 1. The standard InChI is InChI=1S/C27H28FN3O/c28-22-10-12-23(13-11-22)30-16-17-31-25-9-5-4-8-21(25)18-24(26(31)19-30)27(32)29-15-14-20-6-2-1-3-7-20/h1-13,24,26H,14-19H2,(H,29,32)/t24-,26+/m0/s1. The quantitative estimate of drug-likeness (QED) is 0.665. The lowest BCUT2D eigenvalue weighted by Gasteiger charge is -2.49. The van der Waals surface area contributed by atoms with E-state index in [2.05, 4.69) is 51.5 Å². The fourth-order valence-electron chi connectivity index (χ4n) is 5.05. The number of piperazine rings is 1. The lowest BCUT2D eigenvalue weighted by Crippen LogP contribution is -2.61. The Hall–Kier alpha value is -3.34.